The number of halogens is 1. The zero-order valence-corrected chi connectivity index (χ0v) is 12.5. The Morgan fingerprint density at radius 3 is 2.45 bits per heavy atom. The lowest BCUT2D eigenvalue weighted by Gasteiger charge is -2.25. The molecule has 2 nitrogen and oxygen atoms in total. The summed E-state index contributed by atoms with van der Waals surface area (Å²) in [6.45, 7) is 0. The summed E-state index contributed by atoms with van der Waals surface area (Å²) < 4.78 is 13.3. The van der Waals surface area contributed by atoms with Crippen LogP contribution in [0.4, 0.5) is 4.39 Å². The summed E-state index contributed by atoms with van der Waals surface area (Å²) in [6, 6.07) is 15.9. The SMILES string of the molecule is O=C(N[C@@H](c1ccccc1)C1CCCC1)c1cccc(F)c1. The van der Waals surface area contributed by atoms with Gasteiger partial charge in [-0.25, -0.2) is 4.39 Å². The summed E-state index contributed by atoms with van der Waals surface area (Å²) in [7, 11) is 0. The number of nitrogens with one attached hydrogen (secondary N) is 1. The fourth-order valence-corrected chi connectivity index (χ4v) is 3.28. The Morgan fingerprint density at radius 2 is 1.77 bits per heavy atom. The zero-order chi connectivity index (χ0) is 15.4. The summed E-state index contributed by atoms with van der Waals surface area (Å²) in [4.78, 5) is 12.5. The second kappa shape index (κ2) is 6.73. The molecule has 1 amide bonds. The highest BCUT2D eigenvalue weighted by molar-refractivity contribution is 5.94. The molecule has 0 heterocycles. The minimum atomic E-state index is -0.384. The molecule has 2 aromatic carbocycles. The van der Waals surface area contributed by atoms with Crippen LogP contribution in [0, 0.1) is 11.7 Å². The van der Waals surface area contributed by atoms with Crippen molar-refractivity contribution in [2.75, 3.05) is 0 Å². The van der Waals surface area contributed by atoms with Crippen LogP contribution in [-0.4, -0.2) is 5.91 Å². The number of hydrogen-bond donors (Lipinski definition) is 1. The number of rotatable bonds is 4. The van der Waals surface area contributed by atoms with Gasteiger partial charge in [-0.15, -0.1) is 0 Å². The lowest BCUT2D eigenvalue weighted by atomic mass is 9.91. The van der Waals surface area contributed by atoms with Gasteiger partial charge in [-0.1, -0.05) is 49.2 Å². The van der Waals surface area contributed by atoms with Crippen molar-refractivity contribution in [2.45, 2.75) is 31.7 Å². The number of carbonyl (C=O) groups excluding carboxylic acids is 1. The molecule has 1 N–H and O–H groups in total. The van der Waals surface area contributed by atoms with E-state index in [1.165, 1.54) is 25.0 Å². The van der Waals surface area contributed by atoms with Gasteiger partial charge in [0.2, 0.25) is 0 Å². The van der Waals surface area contributed by atoms with Crippen LogP contribution in [-0.2, 0) is 0 Å². The Hall–Kier alpha value is -2.16. The van der Waals surface area contributed by atoms with Gasteiger partial charge in [0, 0.05) is 5.56 Å². The van der Waals surface area contributed by atoms with Crippen LogP contribution < -0.4 is 5.32 Å². The lowest BCUT2D eigenvalue weighted by molar-refractivity contribution is 0.0921. The maximum absolute atomic E-state index is 13.3. The Labute approximate surface area is 130 Å². The highest BCUT2D eigenvalue weighted by Crippen LogP contribution is 2.35. The average molecular weight is 297 g/mol. The van der Waals surface area contributed by atoms with E-state index >= 15 is 0 Å². The second-order valence-electron chi connectivity index (χ2n) is 5.92. The van der Waals surface area contributed by atoms with Gasteiger partial charge in [-0.2, -0.15) is 0 Å². The molecule has 1 aliphatic rings. The minimum absolute atomic E-state index is 0.000493. The highest BCUT2D eigenvalue weighted by atomic mass is 19.1. The lowest BCUT2D eigenvalue weighted by Crippen LogP contribution is -2.32. The first-order chi connectivity index (χ1) is 10.7. The van der Waals surface area contributed by atoms with Gasteiger partial charge < -0.3 is 5.32 Å². The van der Waals surface area contributed by atoms with Crippen molar-refractivity contribution in [3.8, 4) is 0 Å². The molecule has 1 aliphatic carbocycles. The van der Waals surface area contributed by atoms with Crippen molar-refractivity contribution in [1.82, 2.24) is 5.32 Å². The molecule has 0 saturated heterocycles. The topological polar surface area (TPSA) is 29.1 Å². The normalized spacial score (nSPS) is 16.4. The molecule has 0 aliphatic heterocycles. The summed E-state index contributed by atoms with van der Waals surface area (Å²) in [5, 5.41) is 3.11. The molecule has 3 rings (SSSR count). The van der Waals surface area contributed by atoms with Gasteiger partial charge in [-0.3, -0.25) is 4.79 Å². The Balaban J connectivity index is 1.82. The van der Waals surface area contributed by atoms with E-state index in [0.29, 0.717) is 11.5 Å². The number of benzene rings is 2. The molecule has 114 valence electrons. The van der Waals surface area contributed by atoms with Crippen molar-refractivity contribution in [2.24, 2.45) is 5.92 Å². The summed E-state index contributed by atoms with van der Waals surface area (Å²) in [5.74, 6) is -0.134. The first-order valence-corrected chi connectivity index (χ1v) is 7.85. The molecule has 22 heavy (non-hydrogen) atoms. The van der Waals surface area contributed by atoms with Crippen molar-refractivity contribution < 1.29 is 9.18 Å². The Bertz CT molecular complexity index is 635. The zero-order valence-electron chi connectivity index (χ0n) is 12.5. The first kappa shape index (κ1) is 14.8. The Kier molecular flexibility index (Phi) is 4.52. The van der Waals surface area contributed by atoms with Gasteiger partial charge in [0.1, 0.15) is 5.82 Å². The van der Waals surface area contributed by atoms with Crippen LogP contribution in [0.15, 0.2) is 54.6 Å². The minimum Gasteiger partial charge on any atom is -0.345 e. The molecule has 0 aromatic heterocycles. The third-order valence-corrected chi connectivity index (χ3v) is 4.40. The van der Waals surface area contributed by atoms with Gasteiger partial charge in [0.25, 0.3) is 5.91 Å². The quantitative estimate of drug-likeness (QED) is 0.885. The standard InChI is InChI=1S/C19H20FNO/c20-17-12-6-11-16(13-17)19(22)21-18(15-9-4-5-10-15)14-7-2-1-3-8-14/h1-3,6-8,11-13,15,18H,4-5,9-10H2,(H,21,22)/t18-/m0/s1. The number of hydrogen-bond acceptors (Lipinski definition) is 1. The maximum atomic E-state index is 13.3. The van der Waals surface area contributed by atoms with Gasteiger partial charge >= 0.3 is 0 Å². The number of amides is 1. The van der Waals surface area contributed by atoms with Crippen molar-refractivity contribution in [1.29, 1.82) is 0 Å². The van der Waals surface area contributed by atoms with E-state index in [2.05, 4.69) is 17.4 Å². The molecule has 0 bridgehead atoms. The molecule has 2 aromatic rings. The third-order valence-electron chi connectivity index (χ3n) is 4.40. The average Bonchev–Trinajstić information content (AvgIpc) is 3.07. The van der Waals surface area contributed by atoms with Gasteiger partial charge in [-0.05, 0) is 42.5 Å². The molecule has 1 atom stereocenters. The summed E-state index contributed by atoms with van der Waals surface area (Å²) >= 11 is 0. The van der Waals surface area contributed by atoms with Crippen LogP contribution in [0.1, 0.15) is 47.6 Å². The van der Waals surface area contributed by atoms with Crippen LogP contribution in [0.25, 0.3) is 0 Å². The van der Waals surface area contributed by atoms with Gasteiger partial charge in [0.05, 0.1) is 6.04 Å². The van der Waals surface area contributed by atoms with E-state index in [0.717, 1.165) is 18.4 Å². The molecule has 0 unspecified atom stereocenters. The molecular weight excluding hydrogens is 277 g/mol. The molecule has 3 heteroatoms. The van der Waals surface area contributed by atoms with E-state index in [9.17, 15) is 9.18 Å². The van der Waals surface area contributed by atoms with Gasteiger partial charge in [0.15, 0.2) is 0 Å². The summed E-state index contributed by atoms with van der Waals surface area (Å²) in [5.41, 5.74) is 1.50. The highest BCUT2D eigenvalue weighted by Gasteiger charge is 2.27. The first-order valence-electron chi connectivity index (χ1n) is 7.85. The maximum Gasteiger partial charge on any atom is 0.251 e. The smallest absolute Gasteiger partial charge is 0.251 e. The predicted molar refractivity (Wildman–Crippen MR) is 85.0 cm³/mol. The van der Waals surface area contributed by atoms with Crippen LogP contribution in [0.5, 0.6) is 0 Å². The fraction of sp³-hybridized carbons (Fsp3) is 0.316. The van der Waals surface area contributed by atoms with Crippen LogP contribution in [0.2, 0.25) is 0 Å². The van der Waals surface area contributed by atoms with Crippen LogP contribution in [0.3, 0.4) is 0 Å². The molecule has 0 spiro atoms. The van der Waals surface area contributed by atoms with E-state index < -0.39 is 0 Å². The Morgan fingerprint density at radius 1 is 1.05 bits per heavy atom. The van der Waals surface area contributed by atoms with E-state index in [4.69, 9.17) is 0 Å². The summed E-state index contributed by atoms with van der Waals surface area (Å²) in [6.07, 6.45) is 4.68. The second-order valence-corrected chi connectivity index (χ2v) is 5.92. The largest absolute Gasteiger partial charge is 0.345 e. The van der Waals surface area contributed by atoms with E-state index in [1.54, 1.807) is 12.1 Å². The third kappa shape index (κ3) is 3.35. The van der Waals surface area contributed by atoms with E-state index in [-0.39, 0.29) is 17.8 Å². The molecule has 0 radical (unpaired) electrons. The predicted octanol–water partition coefficient (Wildman–Crippen LogP) is 4.49. The van der Waals surface area contributed by atoms with Crippen molar-refractivity contribution in [3.63, 3.8) is 0 Å². The van der Waals surface area contributed by atoms with Crippen molar-refractivity contribution in [3.05, 3.63) is 71.5 Å². The van der Waals surface area contributed by atoms with E-state index in [1.807, 2.05) is 18.2 Å². The fourth-order valence-electron chi connectivity index (χ4n) is 3.28. The number of carbonyl (C=O) groups is 1. The molecular formula is C19H20FNO. The monoisotopic (exact) mass is 297 g/mol. The van der Waals surface area contributed by atoms with Crippen molar-refractivity contribution >= 4 is 5.91 Å². The molecule has 1 saturated carbocycles. The molecule has 1 fully saturated rings. The van der Waals surface area contributed by atoms with Crippen LogP contribution >= 0.6 is 0 Å².